The van der Waals surface area contributed by atoms with Gasteiger partial charge in [-0.2, -0.15) is 0 Å². The highest BCUT2D eigenvalue weighted by atomic mass is 16.7. The molecule has 0 bridgehead atoms. The third kappa shape index (κ3) is 4.08. The van der Waals surface area contributed by atoms with E-state index in [1.54, 1.807) is 0 Å². The van der Waals surface area contributed by atoms with Gasteiger partial charge in [0.1, 0.15) is 0 Å². The first-order valence-electron chi connectivity index (χ1n) is 9.81. The van der Waals surface area contributed by atoms with Crippen LogP contribution < -0.4 is 5.32 Å². The predicted molar refractivity (Wildman–Crippen MR) is 90.1 cm³/mol. The van der Waals surface area contributed by atoms with Crippen LogP contribution in [0.1, 0.15) is 84.0 Å². The highest BCUT2D eigenvalue weighted by molar-refractivity contribution is 5.77. The van der Waals surface area contributed by atoms with E-state index >= 15 is 0 Å². The Hall–Kier alpha value is -0.610. The molecule has 23 heavy (non-hydrogen) atoms. The number of hydrogen-bond donors (Lipinski definition) is 1. The van der Waals surface area contributed by atoms with Gasteiger partial charge in [0.2, 0.25) is 5.91 Å². The predicted octanol–water partition coefficient (Wildman–Crippen LogP) is 3.93. The first-order chi connectivity index (χ1) is 11.2. The van der Waals surface area contributed by atoms with Crippen LogP contribution in [-0.4, -0.2) is 30.4 Å². The molecule has 132 valence electrons. The monoisotopic (exact) mass is 323 g/mol. The lowest BCUT2D eigenvalue weighted by Gasteiger charge is -2.51. The average molecular weight is 323 g/mol. The van der Waals surface area contributed by atoms with Crippen LogP contribution in [0.3, 0.4) is 0 Å². The second-order valence-electron chi connectivity index (χ2n) is 7.67. The van der Waals surface area contributed by atoms with Crippen LogP contribution in [0.15, 0.2) is 0 Å². The summed E-state index contributed by atoms with van der Waals surface area (Å²) in [6.45, 7) is 3.08. The smallest absolute Gasteiger partial charge is 0.220 e. The van der Waals surface area contributed by atoms with E-state index in [1.165, 1.54) is 19.3 Å². The highest BCUT2D eigenvalue weighted by Crippen LogP contribution is 2.44. The number of ether oxygens (including phenoxy) is 2. The molecule has 1 N–H and O–H groups in total. The fourth-order valence-electron chi connectivity index (χ4n) is 4.86. The summed E-state index contributed by atoms with van der Waals surface area (Å²) in [6.07, 6.45) is 13.4. The molecule has 1 spiro atoms. The van der Waals surface area contributed by atoms with Crippen molar-refractivity contribution in [1.29, 1.82) is 0 Å². The van der Waals surface area contributed by atoms with Gasteiger partial charge in [-0.15, -0.1) is 0 Å². The van der Waals surface area contributed by atoms with Crippen LogP contribution in [0.4, 0.5) is 0 Å². The molecule has 0 aromatic rings. The Balaban J connectivity index is 1.72. The fraction of sp³-hybridized carbons (Fsp3) is 0.947. The summed E-state index contributed by atoms with van der Waals surface area (Å²) in [4.78, 5) is 12.1. The lowest BCUT2D eigenvalue weighted by Crippen LogP contribution is -2.61. The third-order valence-corrected chi connectivity index (χ3v) is 6.02. The fourth-order valence-corrected chi connectivity index (χ4v) is 4.86. The molecule has 0 radical (unpaired) electrons. The molecule has 0 aromatic heterocycles. The molecule has 3 rings (SSSR count). The zero-order chi connectivity index (χ0) is 16.1. The van der Waals surface area contributed by atoms with Gasteiger partial charge >= 0.3 is 0 Å². The van der Waals surface area contributed by atoms with Crippen molar-refractivity contribution in [3.63, 3.8) is 0 Å². The first-order valence-corrected chi connectivity index (χ1v) is 9.81. The van der Waals surface area contributed by atoms with E-state index in [0.717, 1.165) is 58.0 Å². The zero-order valence-electron chi connectivity index (χ0n) is 14.6. The summed E-state index contributed by atoms with van der Waals surface area (Å²) in [7, 11) is 0. The molecule has 1 saturated carbocycles. The second kappa shape index (κ2) is 7.98. The summed E-state index contributed by atoms with van der Waals surface area (Å²) >= 11 is 0. The lowest BCUT2D eigenvalue weighted by molar-refractivity contribution is -0.213. The van der Waals surface area contributed by atoms with E-state index in [-0.39, 0.29) is 23.8 Å². The molecule has 4 heteroatoms. The van der Waals surface area contributed by atoms with Crippen LogP contribution in [0, 0.1) is 5.92 Å². The SMILES string of the molecule is CCCCC1C(OC2CCCCO2)CCCC12CCCC(=O)N2. The highest BCUT2D eigenvalue weighted by Gasteiger charge is 2.48. The summed E-state index contributed by atoms with van der Waals surface area (Å²) in [5.41, 5.74) is -0.0118. The molecule has 4 nitrogen and oxygen atoms in total. The van der Waals surface area contributed by atoms with E-state index in [9.17, 15) is 4.79 Å². The molecule has 4 atom stereocenters. The van der Waals surface area contributed by atoms with Crippen LogP contribution in [0.5, 0.6) is 0 Å². The molecule has 2 aliphatic heterocycles. The molecular weight excluding hydrogens is 290 g/mol. The van der Waals surface area contributed by atoms with Gasteiger partial charge in [-0.3, -0.25) is 4.79 Å². The van der Waals surface area contributed by atoms with Gasteiger partial charge in [0, 0.05) is 24.5 Å². The van der Waals surface area contributed by atoms with Crippen molar-refractivity contribution >= 4 is 5.91 Å². The molecule has 1 aliphatic carbocycles. The average Bonchev–Trinajstić information content (AvgIpc) is 2.55. The zero-order valence-corrected chi connectivity index (χ0v) is 14.6. The maximum Gasteiger partial charge on any atom is 0.220 e. The molecular formula is C19H33NO3. The number of nitrogens with one attached hydrogen (secondary N) is 1. The lowest BCUT2D eigenvalue weighted by atomic mass is 9.65. The van der Waals surface area contributed by atoms with Gasteiger partial charge in [0.25, 0.3) is 0 Å². The van der Waals surface area contributed by atoms with Gasteiger partial charge in [0.15, 0.2) is 6.29 Å². The van der Waals surface area contributed by atoms with Crippen molar-refractivity contribution in [1.82, 2.24) is 5.32 Å². The van der Waals surface area contributed by atoms with Gasteiger partial charge in [-0.1, -0.05) is 19.8 Å². The third-order valence-electron chi connectivity index (χ3n) is 6.02. The second-order valence-corrected chi connectivity index (χ2v) is 7.67. The number of carbonyl (C=O) groups excluding carboxylic acids is 1. The van der Waals surface area contributed by atoms with E-state index in [2.05, 4.69) is 12.2 Å². The largest absolute Gasteiger partial charge is 0.353 e. The topological polar surface area (TPSA) is 47.6 Å². The molecule has 2 saturated heterocycles. The van der Waals surface area contributed by atoms with E-state index < -0.39 is 0 Å². The Kier molecular flexibility index (Phi) is 5.97. The Labute approximate surface area is 140 Å². The van der Waals surface area contributed by atoms with Gasteiger partial charge in [-0.05, 0) is 57.8 Å². The number of rotatable bonds is 5. The van der Waals surface area contributed by atoms with Gasteiger partial charge in [0.05, 0.1) is 6.10 Å². The van der Waals surface area contributed by atoms with Crippen molar-refractivity contribution in [2.45, 2.75) is 102 Å². The minimum atomic E-state index is -0.0210. The van der Waals surface area contributed by atoms with Gasteiger partial charge in [-0.25, -0.2) is 0 Å². The minimum Gasteiger partial charge on any atom is -0.353 e. The molecule has 4 unspecified atom stereocenters. The van der Waals surface area contributed by atoms with Crippen molar-refractivity contribution < 1.29 is 14.3 Å². The summed E-state index contributed by atoms with van der Waals surface area (Å²) in [5.74, 6) is 0.693. The van der Waals surface area contributed by atoms with Crippen molar-refractivity contribution in [2.24, 2.45) is 5.92 Å². The molecule has 0 aromatic carbocycles. The normalized spacial score (nSPS) is 38.5. The van der Waals surface area contributed by atoms with Crippen molar-refractivity contribution in [3.05, 3.63) is 0 Å². The number of carbonyl (C=O) groups is 1. The first kappa shape index (κ1) is 17.2. The molecule has 3 aliphatic rings. The maximum atomic E-state index is 12.1. The molecule has 2 heterocycles. The molecule has 1 amide bonds. The minimum absolute atomic E-state index is 0.0118. The van der Waals surface area contributed by atoms with Crippen molar-refractivity contribution in [2.75, 3.05) is 6.61 Å². The number of unbranched alkanes of at least 4 members (excludes halogenated alkanes) is 1. The van der Waals surface area contributed by atoms with Crippen LogP contribution in [0.25, 0.3) is 0 Å². The van der Waals surface area contributed by atoms with E-state index in [4.69, 9.17) is 9.47 Å². The van der Waals surface area contributed by atoms with Crippen LogP contribution >= 0.6 is 0 Å². The van der Waals surface area contributed by atoms with Crippen LogP contribution in [0.2, 0.25) is 0 Å². The quantitative estimate of drug-likeness (QED) is 0.834. The maximum absolute atomic E-state index is 12.1. The Morgan fingerprint density at radius 1 is 1.22 bits per heavy atom. The summed E-state index contributed by atoms with van der Waals surface area (Å²) < 4.78 is 12.3. The number of hydrogen-bond acceptors (Lipinski definition) is 3. The Bertz CT molecular complexity index is 390. The van der Waals surface area contributed by atoms with Crippen molar-refractivity contribution in [3.8, 4) is 0 Å². The number of piperidine rings is 1. The Morgan fingerprint density at radius 2 is 2.09 bits per heavy atom. The standard InChI is InChI=1S/C19H33NO3/c1-2-3-8-15-16(23-18-11-4-5-14-22-18)9-6-12-19(15)13-7-10-17(21)20-19/h15-16,18H,2-14H2,1H3,(H,20,21). The van der Waals surface area contributed by atoms with Gasteiger partial charge < -0.3 is 14.8 Å². The molecule has 3 fully saturated rings. The van der Waals surface area contributed by atoms with E-state index in [0.29, 0.717) is 12.3 Å². The summed E-state index contributed by atoms with van der Waals surface area (Å²) in [5, 5.41) is 3.40. The van der Waals surface area contributed by atoms with E-state index in [1.807, 2.05) is 0 Å². The number of amides is 1. The summed E-state index contributed by atoms with van der Waals surface area (Å²) in [6, 6.07) is 0. The Morgan fingerprint density at radius 3 is 2.83 bits per heavy atom. The van der Waals surface area contributed by atoms with Crippen LogP contribution in [-0.2, 0) is 14.3 Å².